The van der Waals surface area contributed by atoms with E-state index in [1.165, 1.54) is 32.0 Å². The lowest BCUT2D eigenvalue weighted by molar-refractivity contribution is -0.132. The second-order valence-electron chi connectivity index (χ2n) is 5.06. The van der Waals surface area contributed by atoms with Gasteiger partial charge in [0.2, 0.25) is 5.91 Å². The molecule has 1 heterocycles. The first-order chi connectivity index (χ1) is 8.77. The van der Waals surface area contributed by atoms with Gasteiger partial charge in [0.15, 0.2) is 0 Å². The lowest BCUT2D eigenvalue weighted by Gasteiger charge is -2.27. The molecule has 0 aliphatic heterocycles. The fraction of sp³-hybridized carbons (Fsp3) is 0.769. The van der Waals surface area contributed by atoms with Gasteiger partial charge in [0.05, 0.1) is 6.54 Å². The second kappa shape index (κ2) is 6.52. The highest BCUT2D eigenvalue weighted by Gasteiger charge is 2.20. The number of rotatable bonds is 4. The Bertz CT molecular complexity index is 355. The molecule has 2 rings (SSSR count). The molecule has 1 aliphatic carbocycles. The van der Waals surface area contributed by atoms with Crippen molar-refractivity contribution in [1.82, 2.24) is 19.7 Å². The zero-order valence-electron chi connectivity index (χ0n) is 11.1. The minimum atomic E-state index is 0.220. The maximum atomic E-state index is 12.1. The van der Waals surface area contributed by atoms with Crippen LogP contribution in [0, 0.1) is 0 Å². The topological polar surface area (TPSA) is 51.0 Å². The van der Waals surface area contributed by atoms with Crippen LogP contribution in [-0.4, -0.2) is 38.7 Å². The third-order valence-electron chi connectivity index (χ3n) is 3.79. The highest BCUT2D eigenvalue weighted by molar-refractivity contribution is 5.76. The van der Waals surface area contributed by atoms with E-state index in [-0.39, 0.29) is 5.91 Å². The molecule has 0 aromatic carbocycles. The molecule has 0 spiro atoms. The third kappa shape index (κ3) is 3.55. The summed E-state index contributed by atoms with van der Waals surface area (Å²) in [6.07, 6.45) is 11.1. The molecule has 0 N–H and O–H groups in total. The predicted octanol–water partition coefficient (Wildman–Crippen LogP) is 1.85. The van der Waals surface area contributed by atoms with Gasteiger partial charge in [-0.05, 0) is 12.8 Å². The van der Waals surface area contributed by atoms with Crippen LogP contribution in [0.5, 0.6) is 0 Å². The van der Waals surface area contributed by atoms with Crippen LogP contribution in [0.1, 0.15) is 44.9 Å². The lowest BCUT2D eigenvalue weighted by atomic mass is 10.1. The van der Waals surface area contributed by atoms with Gasteiger partial charge in [0, 0.05) is 19.5 Å². The molecule has 0 atom stereocenters. The molecule has 100 valence electrons. The fourth-order valence-corrected chi connectivity index (χ4v) is 2.58. The van der Waals surface area contributed by atoms with E-state index >= 15 is 0 Å². The first-order valence-corrected chi connectivity index (χ1v) is 6.85. The predicted molar refractivity (Wildman–Crippen MR) is 68.9 cm³/mol. The van der Waals surface area contributed by atoms with Crippen LogP contribution in [0.15, 0.2) is 12.7 Å². The molecule has 18 heavy (non-hydrogen) atoms. The Balaban J connectivity index is 1.79. The summed E-state index contributed by atoms with van der Waals surface area (Å²) in [5.74, 6) is 0.220. The number of aryl methyl sites for hydroxylation is 1. The molecular formula is C13H22N4O. The molecule has 5 nitrogen and oxygen atoms in total. The van der Waals surface area contributed by atoms with E-state index in [2.05, 4.69) is 10.1 Å². The van der Waals surface area contributed by atoms with Gasteiger partial charge in [-0.25, -0.2) is 4.98 Å². The maximum absolute atomic E-state index is 12.1. The van der Waals surface area contributed by atoms with E-state index < -0.39 is 0 Å². The van der Waals surface area contributed by atoms with E-state index in [1.54, 1.807) is 11.0 Å². The monoisotopic (exact) mass is 250 g/mol. The highest BCUT2D eigenvalue weighted by atomic mass is 16.2. The quantitative estimate of drug-likeness (QED) is 0.766. The highest BCUT2D eigenvalue weighted by Crippen LogP contribution is 2.21. The van der Waals surface area contributed by atoms with Crippen molar-refractivity contribution >= 4 is 5.91 Å². The maximum Gasteiger partial charge on any atom is 0.224 e. The summed E-state index contributed by atoms with van der Waals surface area (Å²) in [5.41, 5.74) is 0. The molecule has 1 aromatic rings. The molecule has 1 saturated carbocycles. The van der Waals surface area contributed by atoms with Gasteiger partial charge in [0.25, 0.3) is 0 Å². The summed E-state index contributed by atoms with van der Waals surface area (Å²) in [5, 5.41) is 4.01. The summed E-state index contributed by atoms with van der Waals surface area (Å²) in [6.45, 7) is 0.621. The SMILES string of the molecule is CN(C(=O)CCn1cncn1)C1CCCCCC1. The lowest BCUT2D eigenvalue weighted by Crippen LogP contribution is -2.37. The summed E-state index contributed by atoms with van der Waals surface area (Å²) >= 11 is 0. The number of hydrogen-bond donors (Lipinski definition) is 0. The van der Waals surface area contributed by atoms with Crippen molar-refractivity contribution in [1.29, 1.82) is 0 Å². The Labute approximate surface area is 108 Å². The number of carbonyl (C=O) groups excluding carboxylic acids is 1. The Hall–Kier alpha value is -1.39. The Morgan fingerprint density at radius 2 is 2.06 bits per heavy atom. The molecule has 0 unspecified atom stereocenters. The van der Waals surface area contributed by atoms with Crippen LogP contribution >= 0.6 is 0 Å². The Morgan fingerprint density at radius 1 is 1.33 bits per heavy atom. The van der Waals surface area contributed by atoms with Crippen molar-refractivity contribution in [3.05, 3.63) is 12.7 Å². The van der Waals surface area contributed by atoms with Gasteiger partial charge >= 0.3 is 0 Å². The molecule has 5 heteroatoms. The van der Waals surface area contributed by atoms with Crippen molar-refractivity contribution in [2.45, 2.75) is 57.5 Å². The van der Waals surface area contributed by atoms with Crippen molar-refractivity contribution < 1.29 is 4.79 Å². The van der Waals surface area contributed by atoms with Gasteiger partial charge in [-0.1, -0.05) is 25.7 Å². The fourth-order valence-electron chi connectivity index (χ4n) is 2.58. The van der Waals surface area contributed by atoms with Gasteiger partial charge in [-0.3, -0.25) is 9.48 Å². The first kappa shape index (κ1) is 13.1. The van der Waals surface area contributed by atoms with E-state index in [0.29, 0.717) is 19.0 Å². The molecule has 0 saturated heterocycles. The summed E-state index contributed by atoms with van der Waals surface area (Å²) < 4.78 is 1.71. The standard InChI is InChI=1S/C13H22N4O/c1-16(12-6-4-2-3-5-7-12)13(18)8-9-17-11-14-10-15-17/h10-12H,2-9H2,1H3. The molecular weight excluding hydrogens is 228 g/mol. The van der Waals surface area contributed by atoms with Crippen molar-refractivity contribution in [3.8, 4) is 0 Å². The van der Waals surface area contributed by atoms with Crippen molar-refractivity contribution in [2.24, 2.45) is 0 Å². The number of carbonyl (C=O) groups is 1. The zero-order valence-corrected chi connectivity index (χ0v) is 11.1. The summed E-state index contributed by atoms with van der Waals surface area (Å²) in [4.78, 5) is 17.9. The molecule has 1 aliphatic rings. The third-order valence-corrected chi connectivity index (χ3v) is 3.79. The first-order valence-electron chi connectivity index (χ1n) is 6.85. The van der Waals surface area contributed by atoms with Crippen LogP contribution in [-0.2, 0) is 11.3 Å². The normalized spacial score (nSPS) is 17.4. The average molecular weight is 250 g/mol. The summed E-state index contributed by atoms with van der Waals surface area (Å²) in [7, 11) is 1.94. The van der Waals surface area contributed by atoms with Crippen molar-refractivity contribution in [3.63, 3.8) is 0 Å². The van der Waals surface area contributed by atoms with E-state index in [4.69, 9.17) is 0 Å². The zero-order chi connectivity index (χ0) is 12.8. The van der Waals surface area contributed by atoms with Gasteiger partial charge in [-0.15, -0.1) is 0 Å². The van der Waals surface area contributed by atoms with Crippen LogP contribution in [0.25, 0.3) is 0 Å². The van der Waals surface area contributed by atoms with Crippen LogP contribution in [0.3, 0.4) is 0 Å². The number of aromatic nitrogens is 3. The van der Waals surface area contributed by atoms with Gasteiger partial charge in [0.1, 0.15) is 12.7 Å². The van der Waals surface area contributed by atoms with E-state index in [9.17, 15) is 4.79 Å². The van der Waals surface area contributed by atoms with Gasteiger partial charge in [-0.2, -0.15) is 5.10 Å². The van der Waals surface area contributed by atoms with Crippen LogP contribution in [0.4, 0.5) is 0 Å². The second-order valence-corrected chi connectivity index (χ2v) is 5.06. The molecule has 0 bridgehead atoms. The van der Waals surface area contributed by atoms with Crippen LogP contribution in [0.2, 0.25) is 0 Å². The number of hydrogen-bond acceptors (Lipinski definition) is 3. The number of amides is 1. The molecule has 1 aromatic heterocycles. The Morgan fingerprint density at radius 3 is 2.67 bits per heavy atom. The molecule has 1 amide bonds. The van der Waals surface area contributed by atoms with Gasteiger partial charge < -0.3 is 4.90 Å². The van der Waals surface area contributed by atoms with Crippen LogP contribution < -0.4 is 0 Å². The largest absolute Gasteiger partial charge is 0.343 e. The molecule has 0 radical (unpaired) electrons. The van der Waals surface area contributed by atoms with Crippen molar-refractivity contribution in [2.75, 3.05) is 7.05 Å². The minimum absolute atomic E-state index is 0.220. The molecule has 1 fully saturated rings. The smallest absolute Gasteiger partial charge is 0.224 e. The van der Waals surface area contributed by atoms with E-state index in [0.717, 1.165) is 12.8 Å². The summed E-state index contributed by atoms with van der Waals surface area (Å²) in [6, 6.07) is 0.441. The Kier molecular flexibility index (Phi) is 4.73. The van der Waals surface area contributed by atoms with E-state index in [1.807, 2.05) is 11.9 Å². The average Bonchev–Trinajstić information content (AvgIpc) is 2.75. The number of nitrogens with zero attached hydrogens (tertiary/aromatic N) is 4. The minimum Gasteiger partial charge on any atom is -0.343 e.